The van der Waals surface area contributed by atoms with Gasteiger partial charge in [-0.1, -0.05) is 32.0 Å². The van der Waals surface area contributed by atoms with Gasteiger partial charge in [0.05, 0.1) is 11.8 Å². The second-order valence-electron chi connectivity index (χ2n) is 13.0. The van der Waals surface area contributed by atoms with Crippen LogP contribution < -0.4 is 15.5 Å². The van der Waals surface area contributed by atoms with Crippen LogP contribution in [-0.4, -0.2) is 72.7 Å². The van der Waals surface area contributed by atoms with Crippen molar-refractivity contribution in [2.24, 2.45) is 11.3 Å². The molecule has 8 heteroatoms. The van der Waals surface area contributed by atoms with Crippen LogP contribution in [0.2, 0.25) is 0 Å². The zero-order chi connectivity index (χ0) is 28.8. The molecule has 222 valence electrons. The van der Waals surface area contributed by atoms with Gasteiger partial charge >= 0.3 is 5.97 Å². The van der Waals surface area contributed by atoms with Gasteiger partial charge < -0.3 is 25.5 Å². The van der Waals surface area contributed by atoms with Crippen molar-refractivity contribution in [3.63, 3.8) is 0 Å². The number of pyridine rings is 1. The summed E-state index contributed by atoms with van der Waals surface area (Å²) >= 11 is 0. The summed E-state index contributed by atoms with van der Waals surface area (Å²) < 4.78 is 0. The van der Waals surface area contributed by atoms with E-state index in [1.807, 2.05) is 18.2 Å². The third-order valence-corrected chi connectivity index (χ3v) is 9.05. The quantitative estimate of drug-likeness (QED) is 0.387. The number of likely N-dealkylation sites (tertiary alicyclic amines) is 1. The number of nitrogens with zero attached hydrogens (tertiary/aromatic N) is 3. The molecule has 0 spiro atoms. The minimum atomic E-state index is -0.905. The Bertz CT molecular complexity index is 1220. The number of rotatable bonds is 10. The number of hydrogen-bond donors (Lipinski definition) is 3. The summed E-state index contributed by atoms with van der Waals surface area (Å²) in [4.78, 5) is 35.0. The maximum absolute atomic E-state index is 13.2. The zero-order valence-electron chi connectivity index (χ0n) is 24.8. The number of aliphatic carboxylic acids is 1. The average molecular weight is 562 g/mol. The number of piperidine rings is 2. The number of anilines is 2. The maximum Gasteiger partial charge on any atom is 0.312 e. The van der Waals surface area contributed by atoms with E-state index in [0.29, 0.717) is 0 Å². The fourth-order valence-electron chi connectivity index (χ4n) is 6.74. The minimum absolute atomic E-state index is 0.0303. The van der Waals surface area contributed by atoms with Crippen molar-refractivity contribution in [3.05, 3.63) is 53.2 Å². The van der Waals surface area contributed by atoms with Crippen molar-refractivity contribution >= 4 is 23.4 Å². The number of carbonyl (C=O) groups excluding carboxylic acids is 1. The molecule has 1 aromatic heterocycles. The first-order valence-corrected chi connectivity index (χ1v) is 15.6. The summed E-state index contributed by atoms with van der Waals surface area (Å²) in [5, 5.41) is 16.5. The van der Waals surface area contributed by atoms with Crippen molar-refractivity contribution in [2.75, 3.05) is 56.0 Å². The molecule has 3 N–H and O–H groups in total. The van der Waals surface area contributed by atoms with Crippen molar-refractivity contribution in [3.8, 4) is 0 Å². The molecule has 2 atom stereocenters. The standard InChI is InChI=1S/C33H47N5O3/c1-33(2)15-7-19-38(23-33)28-12-3-8-25(20-28)29(32(40)41)21-35-31(39)26-10-5-17-37(22-26)18-6-11-27-14-13-24-9-4-16-34-30(24)36-27/h3,8,12-14,20,26,29H,4-7,9-11,15-19,21-23H2,1-2H3,(H,34,36)(H,35,39)(H,40,41)/t26-,29-/m1/s1. The van der Waals surface area contributed by atoms with E-state index in [9.17, 15) is 14.7 Å². The smallest absolute Gasteiger partial charge is 0.312 e. The predicted molar refractivity (Wildman–Crippen MR) is 164 cm³/mol. The van der Waals surface area contributed by atoms with Gasteiger partial charge in [-0.25, -0.2) is 4.98 Å². The number of hydrogen-bond acceptors (Lipinski definition) is 6. The van der Waals surface area contributed by atoms with Gasteiger partial charge in [0.25, 0.3) is 0 Å². The predicted octanol–water partition coefficient (Wildman–Crippen LogP) is 4.70. The highest BCUT2D eigenvalue weighted by Crippen LogP contribution is 2.33. The molecule has 4 heterocycles. The second-order valence-corrected chi connectivity index (χ2v) is 13.0. The average Bonchev–Trinajstić information content (AvgIpc) is 2.97. The lowest BCUT2D eigenvalue weighted by Gasteiger charge is -2.39. The van der Waals surface area contributed by atoms with Gasteiger partial charge in [-0.15, -0.1) is 0 Å². The minimum Gasteiger partial charge on any atom is -0.481 e. The van der Waals surface area contributed by atoms with E-state index in [2.05, 4.69) is 52.5 Å². The Labute approximate surface area is 244 Å². The van der Waals surface area contributed by atoms with Crippen LogP contribution in [0.4, 0.5) is 11.5 Å². The number of aryl methyl sites for hydroxylation is 2. The Morgan fingerprint density at radius 1 is 1.17 bits per heavy atom. The molecule has 2 fully saturated rings. The van der Waals surface area contributed by atoms with Crippen LogP contribution in [0.3, 0.4) is 0 Å². The summed E-state index contributed by atoms with van der Waals surface area (Å²) in [6.45, 7) is 10.3. The lowest BCUT2D eigenvalue weighted by atomic mass is 9.84. The molecular weight excluding hydrogens is 514 g/mol. The Hall–Kier alpha value is -3.13. The van der Waals surface area contributed by atoms with E-state index in [1.165, 1.54) is 18.4 Å². The monoisotopic (exact) mass is 561 g/mol. The van der Waals surface area contributed by atoms with Gasteiger partial charge in [-0.3, -0.25) is 9.59 Å². The van der Waals surface area contributed by atoms with Crippen LogP contribution in [0.5, 0.6) is 0 Å². The molecule has 8 nitrogen and oxygen atoms in total. The molecule has 1 aromatic carbocycles. The molecule has 1 amide bonds. The van der Waals surface area contributed by atoms with E-state index in [0.717, 1.165) is 101 Å². The molecule has 0 bridgehead atoms. The number of nitrogens with one attached hydrogen (secondary N) is 2. The van der Waals surface area contributed by atoms with Crippen LogP contribution in [-0.2, 0) is 22.4 Å². The number of carboxylic acid groups (broad SMARTS) is 1. The topological polar surface area (TPSA) is 97.8 Å². The van der Waals surface area contributed by atoms with Gasteiger partial charge in [-0.05, 0) is 99.2 Å². The van der Waals surface area contributed by atoms with Gasteiger partial charge in [0.2, 0.25) is 5.91 Å². The molecule has 41 heavy (non-hydrogen) atoms. The number of carboxylic acids is 1. The third-order valence-electron chi connectivity index (χ3n) is 9.05. The molecule has 3 aliphatic rings. The highest BCUT2D eigenvalue weighted by molar-refractivity contribution is 5.81. The molecule has 5 rings (SSSR count). The highest BCUT2D eigenvalue weighted by atomic mass is 16.4. The first-order valence-electron chi connectivity index (χ1n) is 15.6. The molecule has 2 aromatic rings. The number of carbonyl (C=O) groups is 2. The maximum atomic E-state index is 13.2. The third kappa shape index (κ3) is 7.79. The largest absolute Gasteiger partial charge is 0.481 e. The number of amides is 1. The van der Waals surface area contributed by atoms with E-state index >= 15 is 0 Å². The summed E-state index contributed by atoms with van der Waals surface area (Å²) in [6.07, 6.45) is 8.37. The lowest BCUT2D eigenvalue weighted by molar-refractivity contribution is -0.138. The Kier molecular flexibility index (Phi) is 9.48. The van der Waals surface area contributed by atoms with Gasteiger partial charge in [0.15, 0.2) is 0 Å². The van der Waals surface area contributed by atoms with Gasteiger partial charge in [0, 0.05) is 44.1 Å². The van der Waals surface area contributed by atoms with Gasteiger partial charge in [0.1, 0.15) is 5.82 Å². The van der Waals surface area contributed by atoms with Crippen LogP contribution in [0.15, 0.2) is 36.4 Å². The molecule has 0 aliphatic carbocycles. The number of aromatic nitrogens is 1. The molecular formula is C33H47N5O3. The van der Waals surface area contributed by atoms with Crippen LogP contribution in [0.25, 0.3) is 0 Å². The summed E-state index contributed by atoms with van der Waals surface area (Å²) in [5.74, 6) is -0.763. The number of fused-ring (bicyclic) bond motifs is 1. The van der Waals surface area contributed by atoms with E-state index in [1.54, 1.807) is 0 Å². The summed E-state index contributed by atoms with van der Waals surface area (Å²) in [7, 11) is 0. The van der Waals surface area contributed by atoms with Crippen molar-refractivity contribution in [1.29, 1.82) is 0 Å². The summed E-state index contributed by atoms with van der Waals surface area (Å²) in [6, 6.07) is 12.2. The zero-order valence-corrected chi connectivity index (χ0v) is 24.8. The normalized spacial score (nSPS) is 21.4. The highest BCUT2D eigenvalue weighted by Gasteiger charge is 2.29. The van der Waals surface area contributed by atoms with E-state index < -0.39 is 11.9 Å². The van der Waals surface area contributed by atoms with Crippen molar-refractivity contribution in [1.82, 2.24) is 15.2 Å². The summed E-state index contributed by atoms with van der Waals surface area (Å²) in [5.41, 5.74) is 4.50. The molecule has 2 saturated heterocycles. The van der Waals surface area contributed by atoms with Gasteiger partial charge in [-0.2, -0.15) is 0 Å². The van der Waals surface area contributed by atoms with Crippen molar-refractivity contribution < 1.29 is 14.7 Å². The van der Waals surface area contributed by atoms with E-state index in [4.69, 9.17) is 4.98 Å². The van der Waals surface area contributed by atoms with Crippen LogP contribution in [0, 0.1) is 11.3 Å². The Balaban J connectivity index is 1.11. The van der Waals surface area contributed by atoms with Crippen LogP contribution >= 0.6 is 0 Å². The molecule has 0 unspecified atom stereocenters. The SMILES string of the molecule is CC1(C)CCCN(c2cccc([C@@H](CNC(=O)[C@@H]3CCCN(CCCc4ccc5c(n4)NCCC5)C3)C(=O)O)c2)C1. The first-order chi connectivity index (χ1) is 19.8. The van der Waals surface area contributed by atoms with Crippen molar-refractivity contribution in [2.45, 2.75) is 71.1 Å². The second kappa shape index (κ2) is 13.2. The lowest BCUT2D eigenvalue weighted by Crippen LogP contribution is -2.44. The molecule has 0 saturated carbocycles. The van der Waals surface area contributed by atoms with E-state index in [-0.39, 0.29) is 23.8 Å². The first kappa shape index (κ1) is 29.4. The van der Waals surface area contributed by atoms with Crippen LogP contribution in [0.1, 0.15) is 75.1 Å². The fourth-order valence-corrected chi connectivity index (χ4v) is 6.74. The Morgan fingerprint density at radius 3 is 2.88 bits per heavy atom. The number of benzene rings is 1. The Morgan fingerprint density at radius 2 is 2.05 bits per heavy atom. The molecule has 0 radical (unpaired) electrons. The molecule has 3 aliphatic heterocycles. The fraction of sp³-hybridized carbons (Fsp3) is 0.606.